The van der Waals surface area contributed by atoms with Crippen LogP contribution in [0.2, 0.25) is 0 Å². The molecule has 3 aromatic rings. The summed E-state index contributed by atoms with van der Waals surface area (Å²) >= 11 is 0. The lowest BCUT2D eigenvalue weighted by atomic mass is 10.0. The predicted molar refractivity (Wildman–Crippen MR) is 102 cm³/mol. The summed E-state index contributed by atoms with van der Waals surface area (Å²) in [6.45, 7) is 0. The van der Waals surface area contributed by atoms with E-state index in [9.17, 15) is 15.3 Å². The SMILES string of the molecule is Oc1cc(C=Cc2ccccc2)c(C=Cc2ccccc2)c(O)c1O. The van der Waals surface area contributed by atoms with Gasteiger partial charge in [-0.2, -0.15) is 0 Å². The van der Waals surface area contributed by atoms with Gasteiger partial charge in [0.25, 0.3) is 0 Å². The first-order valence-corrected chi connectivity index (χ1v) is 7.89. The number of phenolic OH excluding ortho intramolecular Hbond substituents is 3. The van der Waals surface area contributed by atoms with Gasteiger partial charge in [0.05, 0.1) is 0 Å². The Labute approximate surface area is 146 Å². The highest BCUT2D eigenvalue weighted by Crippen LogP contribution is 2.41. The van der Waals surface area contributed by atoms with Crippen LogP contribution >= 0.6 is 0 Å². The average molecular weight is 330 g/mol. The minimum atomic E-state index is -0.524. The van der Waals surface area contributed by atoms with Crippen LogP contribution in [0.4, 0.5) is 0 Å². The van der Waals surface area contributed by atoms with E-state index < -0.39 is 5.75 Å². The normalized spacial score (nSPS) is 11.4. The molecule has 0 aliphatic heterocycles. The lowest BCUT2D eigenvalue weighted by molar-refractivity contribution is 0.367. The Kier molecular flexibility index (Phi) is 4.86. The van der Waals surface area contributed by atoms with Crippen molar-refractivity contribution in [3.8, 4) is 17.2 Å². The van der Waals surface area contributed by atoms with Crippen LogP contribution in [0.15, 0.2) is 66.7 Å². The van der Waals surface area contributed by atoms with Crippen molar-refractivity contribution in [2.75, 3.05) is 0 Å². The highest BCUT2D eigenvalue weighted by atomic mass is 16.3. The molecule has 0 aromatic heterocycles. The summed E-state index contributed by atoms with van der Waals surface area (Å²) in [7, 11) is 0. The van der Waals surface area contributed by atoms with Crippen molar-refractivity contribution >= 4 is 24.3 Å². The predicted octanol–water partition coefficient (Wildman–Crippen LogP) is 5.14. The first kappa shape index (κ1) is 16.4. The van der Waals surface area contributed by atoms with Gasteiger partial charge in [0.15, 0.2) is 11.5 Å². The number of hydrogen-bond acceptors (Lipinski definition) is 3. The van der Waals surface area contributed by atoms with E-state index in [2.05, 4.69) is 0 Å². The number of hydrogen-bond donors (Lipinski definition) is 3. The van der Waals surface area contributed by atoms with Gasteiger partial charge in [0, 0.05) is 5.56 Å². The molecule has 3 aromatic carbocycles. The Morgan fingerprint density at radius 2 is 1.08 bits per heavy atom. The zero-order valence-electron chi connectivity index (χ0n) is 13.5. The van der Waals surface area contributed by atoms with E-state index in [-0.39, 0.29) is 11.5 Å². The quantitative estimate of drug-likeness (QED) is 0.458. The van der Waals surface area contributed by atoms with Crippen LogP contribution < -0.4 is 0 Å². The molecule has 0 amide bonds. The van der Waals surface area contributed by atoms with Gasteiger partial charge in [-0.15, -0.1) is 0 Å². The van der Waals surface area contributed by atoms with Crippen LogP contribution in [0.1, 0.15) is 22.3 Å². The molecule has 0 spiro atoms. The molecule has 0 aliphatic rings. The van der Waals surface area contributed by atoms with Crippen LogP contribution in [0.5, 0.6) is 17.2 Å². The third-order valence-electron chi connectivity index (χ3n) is 3.82. The molecule has 0 aliphatic carbocycles. The van der Waals surface area contributed by atoms with E-state index in [0.717, 1.165) is 11.1 Å². The summed E-state index contributed by atoms with van der Waals surface area (Å²) < 4.78 is 0. The van der Waals surface area contributed by atoms with Gasteiger partial charge in [-0.25, -0.2) is 0 Å². The molecule has 3 rings (SSSR count). The molecular formula is C22H18O3. The highest BCUT2D eigenvalue weighted by molar-refractivity contribution is 5.84. The fourth-order valence-electron chi connectivity index (χ4n) is 2.49. The zero-order valence-corrected chi connectivity index (χ0v) is 13.5. The topological polar surface area (TPSA) is 60.7 Å². The van der Waals surface area contributed by atoms with Gasteiger partial charge in [0.1, 0.15) is 0 Å². The Bertz CT molecular complexity index is 911. The van der Waals surface area contributed by atoms with Crippen molar-refractivity contribution in [2.24, 2.45) is 0 Å². The third-order valence-corrected chi connectivity index (χ3v) is 3.82. The number of phenols is 3. The van der Waals surface area contributed by atoms with Crippen molar-refractivity contribution < 1.29 is 15.3 Å². The molecule has 124 valence electrons. The third kappa shape index (κ3) is 3.90. The van der Waals surface area contributed by atoms with E-state index in [1.165, 1.54) is 6.07 Å². The van der Waals surface area contributed by atoms with E-state index in [1.54, 1.807) is 12.2 Å². The molecule has 3 N–H and O–H groups in total. The van der Waals surface area contributed by atoms with Crippen LogP contribution in [0, 0.1) is 0 Å². The van der Waals surface area contributed by atoms with Crippen LogP contribution in [-0.4, -0.2) is 15.3 Å². The summed E-state index contributed by atoms with van der Waals surface area (Å²) in [6, 6.07) is 20.8. The molecule has 3 nitrogen and oxygen atoms in total. The van der Waals surface area contributed by atoms with Gasteiger partial charge in [-0.05, 0) is 28.8 Å². The van der Waals surface area contributed by atoms with Crippen LogP contribution in [0.25, 0.3) is 24.3 Å². The second-order valence-corrected chi connectivity index (χ2v) is 5.58. The summed E-state index contributed by atoms with van der Waals surface area (Å²) in [5.41, 5.74) is 3.00. The molecule has 0 saturated carbocycles. The summed E-state index contributed by atoms with van der Waals surface area (Å²) in [5, 5.41) is 29.9. The molecule has 0 saturated heterocycles. The maximum absolute atomic E-state index is 10.2. The van der Waals surface area contributed by atoms with Crippen molar-refractivity contribution in [2.45, 2.75) is 0 Å². The Morgan fingerprint density at radius 1 is 0.560 bits per heavy atom. The van der Waals surface area contributed by atoms with Gasteiger partial charge < -0.3 is 15.3 Å². The molecule has 0 bridgehead atoms. The van der Waals surface area contributed by atoms with E-state index in [1.807, 2.05) is 72.8 Å². The van der Waals surface area contributed by atoms with Gasteiger partial charge >= 0.3 is 0 Å². The van der Waals surface area contributed by atoms with Crippen molar-refractivity contribution in [1.29, 1.82) is 0 Å². The van der Waals surface area contributed by atoms with Crippen molar-refractivity contribution in [1.82, 2.24) is 0 Å². The fraction of sp³-hybridized carbons (Fsp3) is 0. The van der Waals surface area contributed by atoms with E-state index in [0.29, 0.717) is 11.1 Å². The molecule has 0 radical (unpaired) electrons. The highest BCUT2D eigenvalue weighted by Gasteiger charge is 2.13. The summed E-state index contributed by atoms with van der Waals surface area (Å²) in [5.74, 6) is -1.23. The average Bonchev–Trinajstić information content (AvgIpc) is 2.65. The molecule has 25 heavy (non-hydrogen) atoms. The maximum atomic E-state index is 10.2. The van der Waals surface area contributed by atoms with Crippen molar-refractivity contribution in [3.05, 3.63) is 89.0 Å². The Balaban J connectivity index is 2.02. The first-order valence-electron chi connectivity index (χ1n) is 7.89. The van der Waals surface area contributed by atoms with Gasteiger partial charge in [-0.3, -0.25) is 0 Å². The van der Waals surface area contributed by atoms with E-state index >= 15 is 0 Å². The summed E-state index contributed by atoms with van der Waals surface area (Å²) in [6.07, 6.45) is 7.23. The maximum Gasteiger partial charge on any atom is 0.200 e. The second-order valence-electron chi connectivity index (χ2n) is 5.58. The van der Waals surface area contributed by atoms with Crippen molar-refractivity contribution in [3.63, 3.8) is 0 Å². The molecular weight excluding hydrogens is 312 g/mol. The Hall–Kier alpha value is -3.46. The molecule has 0 fully saturated rings. The first-order chi connectivity index (χ1) is 12.1. The molecule has 0 atom stereocenters. The molecule has 0 heterocycles. The monoisotopic (exact) mass is 330 g/mol. The number of benzene rings is 3. The minimum absolute atomic E-state index is 0.347. The van der Waals surface area contributed by atoms with Crippen LogP contribution in [0.3, 0.4) is 0 Å². The second kappa shape index (κ2) is 7.41. The lowest BCUT2D eigenvalue weighted by Crippen LogP contribution is -1.85. The number of rotatable bonds is 4. The zero-order chi connectivity index (χ0) is 17.6. The van der Waals surface area contributed by atoms with Crippen LogP contribution in [-0.2, 0) is 0 Å². The lowest BCUT2D eigenvalue weighted by Gasteiger charge is -2.09. The number of aromatic hydroxyl groups is 3. The smallest absolute Gasteiger partial charge is 0.200 e. The minimum Gasteiger partial charge on any atom is -0.504 e. The fourth-order valence-corrected chi connectivity index (χ4v) is 2.49. The molecule has 0 unspecified atom stereocenters. The van der Waals surface area contributed by atoms with Gasteiger partial charge in [-0.1, -0.05) is 78.9 Å². The standard InChI is InChI=1S/C22H18O3/c23-20-15-18(13-11-16-7-3-1-4-8-16)19(21(24)22(20)25)14-12-17-9-5-2-6-10-17/h1-15,23-25H. The summed E-state index contributed by atoms with van der Waals surface area (Å²) in [4.78, 5) is 0. The Morgan fingerprint density at radius 3 is 1.64 bits per heavy atom. The largest absolute Gasteiger partial charge is 0.504 e. The van der Waals surface area contributed by atoms with Gasteiger partial charge in [0.2, 0.25) is 5.75 Å². The molecule has 3 heteroatoms. The van der Waals surface area contributed by atoms with E-state index in [4.69, 9.17) is 0 Å².